The number of aryl methyl sites for hydroxylation is 2. The molecule has 0 saturated carbocycles. The summed E-state index contributed by atoms with van der Waals surface area (Å²) in [6.07, 6.45) is 9.82. The summed E-state index contributed by atoms with van der Waals surface area (Å²) in [5.74, 6) is 1.15. The molecule has 5 nitrogen and oxygen atoms in total. The molecule has 2 aliphatic heterocycles. The molecule has 4 aromatic rings. The van der Waals surface area contributed by atoms with Crippen LogP contribution >= 0.6 is 0 Å². The Morgan fingerprint density at radius 1 is 0.711 bits per heavy atom. The number of carbonyl (C=O) groups is 1. The van der Waals surface area contributed by atoms with E-state index >= 15 is 0 Å². The largest absolute Gasteiger partial charge is 0.456 e. The van der Waals surface area contributed by atoms with E-state index in [-0.39, 0.29) is 5.97 Å². The van der Waals surface area contributed by atoms with E-state index in [4.69, 9.17) is 9.47 Å². The second-order valence-corrected chi connectivity index (χ2v) is 12.7. The van der Waals surface area contributed by atoms with Gasteiger partial charge in [0.1, 0.15) is 11.5 Å². The SMILES string of the molecule is CCCCCCN(CCCCCC)c1ccc2c(c1)Oc1cc(C)c(Nc3cccc(C)c3)cc1C21OC(=O)c2ccccc21. The van der Waals surface area contributed by atoms with Gasteiger partial charge in [-0.25, -0.2) is 4.79 Å². The normalized spacial score (nSPS) is 16.0. The fourth-order valence-electron chi connectivity index (χ4n) is 6.85. The van der Waals surface area contributed by atoms with Crippen molar-refractivity contribution in [1.82, 2.24) is 0 Å². The number of esters is 1. The van der Waals surface area contributed by atoms with Gasteiger partial charge in [0.2, 0.25) is 0 Å². The molecule has 0 saturated heterocycles. The average Bonchev–Trinajstić information content (AvgIpc) is 3.33. The van der Waals surface area contributed by atoms with Gasteiger partial charge in [0.15, 0.2) is 5.60 Å². The van der Waals surface area contributed by atoms with Crippen LogP contribution < -0.4 is 15.0 Å². The van der Waals surface area contributed by atoms with Gasteiger partial charge >= 0.3 is 5.97 Å². The van der Waals surface area contributed by atoms with E-state index in [9.17, 15) is 4.79 Å². The number of fused-ring (bicyclic) bond motifs is 6. The van der Waals surface area contributed by atoms with Gasteiger partial charge < -0.3 is 19.7 Å². The Hall–Kier alpha value is -4.25. The standard InChI is InChI=1S/C40H46N2O3/c1-5-7-9-13-22-42(23-14-10-8-6-2)31-20-21-34-38(26-31)44-37-25-29(4)36(41-30-17-15-16-28(3)24-30)27-35(37)40(34)33-19-12-11-18-32(33)39(43)45-40/h11-12,15-21,24-27,41H,5-10,13-14,22-23H2,1-4H3. The molecular formula is C40H46N2O3. The summed E-state index contributed by atoms with van der Waals surface area (Å²) >= 11 is 0. The molecule has 234 valence electrons. The molecule has 0 fully saturated rings. The molecule has 2 aliphatic rings. The van der Waals surface area contributed by atoms with Crippen LogP contribution in [-0.4, -0.2) is 19.1 Å². The van der Waals surface area contributed by atoms with Crippen LogP contribution in [0.4, 0.5) is 17.1 Å². The van der Waals surface area contributed by atoms with Crippen LogP contribution in [0, 0.1) is 13.8 Å². The number of nitrogens with one attached hydrogen (secondary N) is 1. The Labute approximate surface area is 268 Å². The van der Waals surface area contributed by atoms with E-state index in [1.807, 2.05) is 24.3 Å². The summed E-state index contributed by atoms with van der Waals surface area (Å²) in [4.78, 5) is 16.0. The maximum Gasteiger partial charge on any atom is 0.340 e. The molecule has 0 radical (unpaired) electrons. The van der Waals surface area contributed by atoms with Gasteiger partial charge in [-0.3, -0.25) is 0 Å². The van der Waals surface area contributed by atoms with Crippen molar-refractivity contribution in [2.45, 2.75) is 84.7 Å². The number of carbonyl (C=O) groups excluding carboxylic acids is 1. The van der Waals surface area contributed by atoms with Crippen LogP contribution in [-0.2, 0) is 10.3 Å². The van der Waals surface area contributed by atoms with Crippen molar-refractivity contribution in [3.05, 3.63) is 112 Å². The Bertz CT molecular complexity index is 1670. The molecule has 1 N–H and O–H groups in total. The fourth-order valence-corrected chi connectivity index (χ4v) is 6.85. The van der Waals surface area contributed by atoms with Gasteiger partial charge in [-0.2, -0.15) is 0 Å². The fraction of sp³-hybridized carbons (Fsp3) is 0.375. The molecule has 6 rings (SSSR count). The Kier molecular flexibility index (Phi) is 9.16. The van der Waals surface area contributed by atoms with Crippen molar-refractivity contribution in [1.29, 1.82) is 0 Å². The minimum Gasteiger partial charge on any atom is -0.456 e. The Morgan fingerprint density at radius 2 is 1.44 bits per heavy atom. The van der Waals surface area contributed by atoms with Crippen LogP contribution in [0.1, 0.15) is 103 Å². The zero-order valence-electron chi connectivity index (χ0n) is 27.2. The zero-order chi connectivity index (χ0) is 31.4. The van der Waals surface area contributed by atoms with Gasteiger partial charge in [-0.15, -0.1) is 0 Å². The van der Waals surface area contributed by atoms with Crippen LogP contribution in [0.15, 0.2) is 78.9 Å². The van der Waals surface area contributed by atoms with Crippen LogP contribution in [0.25, 0.3) is 0 Å². The maximum absolute atomic E-state index is 13.5. The third kappa shape index (κ3) is 6.05. The van der Waals surface area contributed by atoms with E-state index < -0.39 is 5.60 Å². The number of ether oxygens (including phenoxy) is 2. The van der Waals surface area contributed by atoms with Crippen molar-refractivity contribution in [2.75, 3.05) is 23.3 Å². The number of rotatable bonds is 13. The third-order valence-corrected chi connectivity index (χ3v) is 9.27. The van der Waals surface area contributed by atoms with Crippen molar-refractivity contribution >= 4 is 23.0 Å². The number of unbranched alkanes of at least 4 members (excludes halogenated alkanes) is 6. The lowest BCUT2D eigenvalue weighted by Crippen LogP contribution is -2.33. The predicted molar refractivity (Wildman–Crippen MR) is 184 cm³/mol. The van der Waals surface area contributed by atoms with E-state index in [1.54, 1.807) is 0 Å². The Balaban J connectivity index is 1.43. The number of hydrogen-bond acceptors (Lipinski definition) is 5. The molecule has 2 heterocycles. The zero-order valence-corrected chi connectivity index (χ0v) is 27.2. The lowest BCUT2D eigenvalue weighted by atomic mass is 9.77. The quantitative estimate of drug-likeness (QED) is 0.122. The summed E-state index contributed by atoms with van der Waals surface area (Å²) in [6, 6.07) is 26.8. The molecule has 0 amide bonds. The van der Waals surface area contributed by atoms with Gasteiger partial charge in [0.05, 0.1) is 5.56 Å². The van der Waals surface area contributed by atoms with Crippen LogP contribution in [0.3, 0.4) is 0 Å². The molecule has 0 aromatic heterocycles. The monoisotopic (exact) mass is 602 g/mol. The first-order valence-corrected chi connectivity index (χ1v) is 16.8. The highest BCUT2D eigenvalue weighted by molar-refractivity contribution is 5.97. The number of benzene rings is 4. The third-order valence-electron chi connectivity index (χ3n) is 9.27. The smallest absolute Gasteiger partial charge is 0.340 e. The van der Waals surface area contributed by atoms with Crippen LogP contribution in [0.5, 0.6) is 11.5 Å². The molecule has 4 aromatic carbocycles. The lowest BCUT2D eigenvalue weighted by Gasteiger charge is -2.38. The summed E-state index contributed by atoms with van der Waals surface area (Å²) in [6.45, 7) is 10.7. The van der Waals surface area contributed by atoms with Gasteiger partial charge in [-0.1, -0.05) is 82.7 Å². The highest BCUT2D eigenvalue weighted by Gasteiger charge is 2.53. The average molecular weight is 603 g/mol. The number of anilines is 3. The summed E-state index contributed by atoms with van der Waals surface area (Å²) in [7, 11) is 0. The molecule has 5 heteroatoms. The summed E-state index contributed by atoms with van der Waals surface area (Å²) < 4.78 is 13.3. The molecule has 1 atom stereocenters. The van der Waals surface area contributed by atoms with E-state index in [0.717, 1.165) is 58.2 Å². The van der Waals surface area contributed by atoms with Crippen molar-refractivity contribution < 1.29 is 14.3 Å². The first-order chi connectivity index (χ1) is 21.9. The number of hydrogen-bond donors (Lipinski definition) is 1. The minimum atomic E-state index is -1.10. The van der Waals surface area contributed by atoms with Crippen molar-refractivity contribution in [2.24, 2.45) is 0 Å². The first kappa shape index (κ1) is 30.8. The maximum atomic E-state index is 13.5. The van der Waals surface area contributed by atoms with E-state index in [0.29, 0.717) is 11.3 Å². The molecule has 0 aliphatic carbocycles. The molecule has 45 heavy (non-hydrogen) atoms. The molecule has 1 spiro atoms. The highest BCUT2D eigenvalue weighted by Crippen LogP contribution is 2.57. The summed E-state index contributed by atoms with van der Waals surface area (Å²) in [5.41, 5.74) is 7.41. The summed E-state index contributed by atoms with van der Waals surface area (Å²) in [5, 5.41) is 3.61. The first-order valence-electron chi connectivity index (χ1n) is 16.8. The van der Waals surface area contributed by atoms with E-state index in [1.165, 1.54) is 56.9 Å². The highest BCUT2D eigenvalue weighted by atomic mass is 16.6. The Morgan fingerprint density at radius 3 is 2.18 bits per heavy atom. The topological polar surface area (TPSA) is 50.8 Å². The van der Waals surface area contributed by atoms with Crippen LogP contribution in [0.2, 0.25) is 0 Å². The second-order valence-electron chi connectivity index (χ2n) is 12.7. The molecule has 1 unspecified atom stereocenters. The van der Waals surface area contributed by atoms with E-state index in [2.05, 4.69) is 92.5 Å². The number of nitrogens with zero attached hydrogens (tertiary/aromatic N) is 1. The lowest BCUT2D eigenvalue weighted by molar-refractivity contribution is 0.0224. The van der Waals surface area contributed by atoms with Gasteiger partial charge in [0.25, 0.3) is 0 Å². The van der Waals surface area contributed by atoms with Gasteiger partial charge in [0, 0.05) is 52.9 Å². The predicted octanol–water partition coefficient (Wildman–Crippen LogP) is 10.6. The van der Waals surface area contributed by atoms with Crippen molar-refractivity contribution in [3.63, 3.8) is 0 Å². The molecular weight excluding hydrogens is 556 g/mol. The minimum absolute atomic E-state index is 0.310. The van der Waals surface area contributed by atoms with Gasteiger partial charge in [-0.05, 0) is 80.3 Å². The second kappa shape index (κ2) is 13.4. The van der Waals surface area contributed by atoms with Crippen molar-refractivity contribution in [3.8, 4) is 11.5 Å². The molecule has 0 bridgehead atoms.